The van der Waals surface area contributed by atoms with Crippen molar-refractivity contribution in [3.8, 4) is 0 Å². The van der Waals surface area contributed by atoms with Crippen molar-refractivity contribution < 1.29 is 9.59 Å². The number of anilines is 1. The predicted molar refractivity (Wildman–Crippen MR) is 114 cm³/mol. The van der Waals surface area contributed by atoms with E-state index in [1.807, 2.05) is 30.5 Å². The van der Waals surface area contributed by atoms with E-state index < -0.39 is 5.92 Å². The number of aryl methyl sites for hydroxylation is 2. The Hall–Kier alpha value is -3.19. The zero-order valence-electron chi connectivity index (χ0n) is 16.5. The number of rotatable bonds is 6. The fourth-order valence-corrected chi connectivity index (χ4v) is 4.01. The van der Waals surface area contributed by atoms with E-state index >= 15 is 0 Å². The quantitative estimate of drug-likeness (QED) is 0.659. The van der Waals surface area contributed by atoms with Crippen LogP contribution in [0.25, 0.3) is 0 Å². The molecule has 3 aromatic rings. The molecule has 4 rings (SSSR count). The fraction of sp³-hybridized carbons (Fsp3) is 0.273. The minimum Gasteiger partial charge on any atom is -0.338 e. The van der Waals surface area contributed by atoms with Gasteiger partial charge in [0.05, 0.1) is 12.0 Å². The number of amides is 2. The van der Waals surface area contributed by atoms with E-state index in [4.69, 9.17) is 11.6 Å². The summed E-state index contributed by atoms with van der Waals surface area (Å²) in [6, 6.07) is 12.6. The van der Waals surface area contributed by atoms with Crippen LogP contribution in [0.2, 0.25) is 5.02 Å². The lowest BCUT2D eigenvalue weighted by atomic mass is 9.93. The van der Waals surface area contributed by atoms with Gasteiger partial charge in [-0.05, 0) is 41.8 Å². The molecule has 7 nitrogen and oxygen atoms in total. The molecule has 0 bridgehead atoms. The molecule has 1 N–H and O–H groups in total. The van der Waals surface area contributed by atoms with Crippen LogP contribution in [0.3, 0.4) is 0 Å². The second-order valence-electron chi connectivity index (χ2n) is 7.37. The van der Waals surface area contributed by atoms with E-state index in [2.05, 4.69) is 15.4 Å². The molecule has 1 fully saturated rings. The Balaban J connectivity index is 1.44. The third kappa shape index (κ3) is 4.36. The molecule has 2 aromatic heterocycles. The van der Waals surface area contributed by atoms with Crippen molar-refractivity contribution in [2.45, 2.75) is 25.4 Å². The van der Waals surface area contributed by atoms with E-state index in [-0.39, 0.29) is 24.3 Å². The summed E-state index contributed by atoms with van der Waals surface area (Å²) in [5, 5.41) is 7.88. The van der Waals surface area contributed by atoms with E-state index in [1.54, 1.807) is 47.2 Å². The molecule has 2 amide bonds. The average molecular weight is 424 g/mol. The summed E-state index contributed by atoms with van der Waals surface area (Å²) < 4.78 is 1.79. The summed E-state index contributed by atoms with van der Waals surface area (Å²) >= 11 is 6.12. The van der Waals surface area contributed by atoms with Crippen molar-refractivity contribution in [1.82, 2.24) is 19.7 Å². The molecule has 2 unspecified atom stereocenters. The molecule has 0 saturated carbocycles. The van der Waals surface area contributed by atoms with Crippen molar-refractivity contribution in [3.63, 3.8) is 0 Å². The van der Waals surface area contributed by atoms with Gasteiger partial charge in [-0.15, -0.1) is 0 Å². The number of halogens is 1. The highest BCUT2D eigenvalue weighted by molar-refractivity contribution is 6.30. The van der Waals surface area contributed by atoms with Gasteiger partial charge in [-0.25, -0.2) is 0 Å². The van der Waals surface area contributed by atoms with Gasteiger partial charge in [-0.3, -0.25) is 19.3 Å². The van der Waals surface area contributed by atoms with Gasteiger partial charge in [0.15, 0.2) is 5.82 Å². The zero-order chi connectivity index (χ0) is 21.1. The molecular formula is C22H22ClN5O2. The molecule has 30 heavy (non-hydrogen) atoms. The normalized spacial score (nSPS) is 18.6. The first kappa shape index (κ1) is 20.1. The molecule has 154 valence electrons. The van der Waals surface area contributed by atoms with Gasteiger partial charge < -0.3 is 10.2 Å². The summed E-state index contributed by atoms with van der Waals surface area (Å²) in [5.41, 5.74) is 2.02. The second-order valence-corrected chi connectivity index (χ2v) is 7.81. The fourth-order valence-electron chi connectivity index (χ4n) is 3.82. The van der Waals surface area contributed by atoms with Crippen molar-refractivity contribution in [1.29, 1.82) is 0 Å². The van der Waals surface area contributed by atoms with Gasteiger partial charge in [0.1, 0.15) is 0 Å². The Kier molecular flexibility index (Phi) is 5.81. The first-order valence-corrected chi connectivity index (χ1v) is 10.1. The van der Waals surface area contributed by atoms with Crippen LogP contribution in [-0.2, 0) is 22.6 Å². The van der Waals surface area contributed by atoms with Crippen LogP contribution in [0.1, 0.15) is 23.6 Å². The van der Waals surface area contributed by atoms with Crippen LogP contribution >= 0.6 is 11.6 Å². The van der Waals surface area contributed by atoms with E-state index in [0.29, 0.717) is 17.4 Å². The SMILES string of the molecule is CN1C(=O)CC(C(=O)Nc2ccn(CCc3ccncc3)n2)C1c1cccc(Cl)c1. The summed E-state index contributed by atoms with van der Waals surface area (Å²) in [7, 11) is 1.72. The molecule has 0 radical (unpaired) electrons. The number of aromatic nitrogens is 3. The molecule has 1 saturated heterocycles. The third-order valence-corrected chi connectivity index (χ3v) is 5.62. The molecule has 3 heterocycles. The number of hydrogen-bond donors (Lipinski definition) is 1. The highest BCUT2D eigenvalue weighted by atomic mass is 35.5. The van der Waals surface area contributed by atoms with Crippen LogP contribution in [-0.4, -0.2) is 38.5 Å². The number of benzene rings is 1. The maximum atomic E-state index is 13.0. The first-order chi connectivity index (χ1) is 14.5. The third-order valence-electron chi connectivity index (χ3n) is 5.38. The summed E-state index contributed by atoms with van der Waals surface area (Å²) in [4.78, 5) is 30.9. The molecule has 2 atom stereocenters. The van der Waals surface area contributed by atoms with Crippen molar-refractivity contribution in [2.24, 2.45) is 5.92 Å². The Morgan fingerprint density at radius 1 is 1.23 bits per heavy atom. The van der Waals surface area contributed by atoms with Crippen molar-refractivity contribution >= 4 is 29.2 Å². The van der Waals surface area contributed by atoms with E-state index in [9.17, 15) is 9.59 Å². The monoisotopic (exact) mass is 423 g/mol. The number of carbonyl (C=O) groups excluding carboxylic acids is 2. The highest BCUT2D eigenvalue weighted by Crippen LogP contribution is 2.38. The van der Waals surface area contributed by atoms with Crippen LogP contribution in [0.5, 0.6) is 0 Å². The van der Waals surface area contributed by atoms with Gasteiger partial charge in [-0.1, -0.05) is 23.7 Å². The van der Waals surface area contributed by atoms with Crippen LogP contribution < -0.4 is 5.32 Å². The summed E-state index contributed by atoms with van der Waals surface area (Å²) in [6.07, 6.45) is 6.33. The second kappa shape index (κ2) is 8.67. The summed E-state index contributed by atoms with van der Waals surface area (Å²) in [5.74, 6) is -0.329. The van der Waals surface area contributed by atoms with Gasteiger partial charge in [0.2, 0.25) is 11.8 Å². The summed E-state index contributed by atoms with van der Waals surface area (Å²) in [6.45, 7) is 0.690. The van der Waals surface area contributed by atoms with Crippen LogP contribution in [0.4, 0.5) is 5.82 Å². The molecular weight excluding hydrogens is 402 g/mol. The molecule has 0 spiro atoms. The van der Waals surface area contributed by atoms with Gasteiger partial charge >= 0.3 is 0 Å². The molecule has 0 aliphatic carbocycles. The molecule has 1 aromatic carbocycles. The number of carbonyl (C=O) groups is 2. The number of nitrogens with zero attached hydrogens (tertiary/aromatic N) is 4. The van der Waals surface area contributed by atoms with Gasteiger partial charge in [0, 0.05) is 49.7 Å². The maximum Gasteiger partial charge on any atom is 0.231 e. The smallest absolute Gasteiger partial charge is 0.231 e. The Bertz CT molecular complexity index is 1050. The number of likely N-dealkylation sites (tertiary alicyclic amines) is 1. The average Bonchev–Trinajstić information content (AvgIpc) is 3.31. The maximum absolute atomic E-state index is 13.0. The Morgan fingerprint density at radius 3 is 2.80 bits per heavy atom. The number of hydrogen-bond acceptors (Lipinski definition) is 4. The highest BCUT2D eigenvalue weighted by Gasteiger charge is 2.42. The molecule has 8 heteroatoms. The van der Waals surface area contributed by atoms with E-state index in [1.165, 1.54) is 5.56 Å². The minimum absolute atomic E-state index is 0.0667. The van der Waals surface area contributed by atoms with Crippen molar-refractivity contribution in [3.05, 3.63) is 77.2 Å². The lowest BCUT2D eigenvalue weighted by Crippen LogP contribution is -2.30. The zero-order valence-corrected chi connectivity index (χ0v) is 17.3. The number of pyridine rings is 1. The standard InChI is InChI=1S/C22H22ClN5O2/c1-27-20(29)14-18(21(27)16-3-2-4-17(23)13-16)22(30)25-19-8-12-28(26-19)11-7-15-5-9-24-10-6-15/h2-6,8-10,12-13,18,21H,7,11,14H2,1H3,(H,25,26,30). The Morgan fingerprint density at radius 2 is 2.03 bits per heavy atom. The van der Waals surface area contributed by atoms with E-state index in [0.717, 1.165) is 12.0 Å². The number of nitrogens with one attached hydrogen (secondary N) is 1. The van der Waals surface area contributed by atoms with Crippen molar-refractivity contribution in [2.75, 3.05) is 12.4 Å². The topological polar surface area (TPSA) is 80.1 Å². The minimum atomic E-state index is -0.511. The van der Waals surface area contributed by atoms with Gasteiger partial charge in [-0.2, -0.15) is 5.10 Å². The Labute approximate surface area is 179 Å². The molecule has 1 aliphatic rings. The molecule has 1 aliphatic heterocycles. The van der Waals surface area contributed by atoms with Gasteiger partial charge in [0.25, 0.3) is 0 Å². The lowest BCUT2D eigenvalue weighted by molar-refractivity contribution is -0.127. The van der Waals surface area contributed by atoms with Crippen LogP contribution in [0.15, 0.2) is 61.1 Å². The predicted octanol–water partition coefficient (Wildman–Crippen LogP) is 3.33. The van der Waals surface area contributed by atoms with Crippen LogP contribution in [0, 0.1) is 5.92 Å². The first-order valence-electron chi connectivity index (χ1n) is 9.75. The lowest BCUT2D eigenvalue weighted by Gasteiger charge is -2.24. The largest absolute Gasteiger partial charge is 0.338 e.